The molecule has 0 aliphatic carbocycles. The van der Waals surface area contributed by atoms with Gasteiger partial charge in [0.25, 0.3) is 0 Å². The van der Waals surface area contributed by atoms with E-state index in [1.165, 1.54) is 6.92 Å². The minimum atomic E-state index is -1.87. The molecule has 4 rings (SSSR count). The van der Waals surface area contributed by atoms with Crippen LogP contribution in [-0.2, 0) is 42.7 Å². The molecule has 22 nitrogen and oxygen atoms in total. The maximum atomic E-state index is 12.3. The minimum absolute atomic E-state index is 0.360. The molecule has 53 heavy (non-hydrogen) atoms. The molecule has 0 aromatic heterocycles. The Bertz CT molecular complexity index is 1180. The molecule has 0 bridgehead atoms. The Kier molecular flexibility index (Phi) is 15.7. The molecule has 4 fully saturated rings. The average Bonchev–Trinajstić information content (AvgIpc) is 3.11. The van der Waals surface area contributed by atoms with Crippen molar-refractivity contribution < 1.29 is 98.9 Å². The summed E-state index contributed by atoms with van der Waals surface area (Å²) in [4.78, 5) is 24.5. The second kappa shape index (κ2) is 18.9. The molecule has 20 unspecified atom stereocenters. The first kappa shape index (κ1) is 43.9. The van der Waals surface area contributed by atoms with Crippen LogP contribution in [0.2, 0.25) is 0 Å². The number of hydrogen-bond acceptors (Lipinski definition) is 20. The molecular weight excluding hydrogens is 720 g/mol. The minimum Gasteiger partial charge on any atom is -0.394 e. The summed E-state index contributed by atoms with van der Waals surface area (Å²) >= 11 is 0. The highest BCUT2D eigenvalue weighted by Gasteiger charge is 2.54. The van der Waals surface area contributed by atoms with Crippen molar-refractivity contribution in [2.75, 3.05) is 26.4 Å². The number of ether oxygens (including phenoxy) is 7. The van der Waals surface area contributed by atoms with Gasteiger partial charge in [-0.05, 0) is 5.92 Å². The second-order valence-electron chi connectivity index (χ2n) is 14.0. The standard InChI is InChI=1S/C31H54N2O20/c1-9(2)26-17(33-11(4)38)28(53-31-25(46)23(44)19(40)13(6-35)50-31)20(41)15(48-26)8-47-29-16(32-10(3)37)21(42)27(14(7-36)51-29)52-30-24(45)22(43)18(39)12(5-34)49-30/h9,12-31,34-36,39-46H,5-8H2,1-4H3,(H,32,37)(H,33,38). The molecular formula is C31H54N2O20. The Morgan fingerprint density at radius 2 is 1.00 bits per heavy atom. The SMILES string of the molecule is CC(=O)NC1C(OCC2OC(C(C)C)C(NC(C)=O)C(OC3OC(CO)C(O)C(O)C3O)C2O)OC(CO)C(OC2OC(CO)C(O)C(O)C2O)C1O. The quantitative estimate of drug-likeness (QED) is 0.0826. The summed E-state index contributed by atoms with van der Waals surface area (Å²) < 4.78 is 40.5. The highest BCUT2D eigenvalue weighted by Crippen LogP contribution is 2.34. The Balaban J connectivity index is 1.56. The van der Waals surface area contributed by atoms with Gasteiger partial charge in [0.05, 0.1) is 38.6 Å². The van der Waals surface area contributed by atoms with E-state index < -0.39 is 161 Å². The highest BCUT2D eigenvalue weighted by atomic mass is 16.7. The number of aliphatic hydroxyl groups is 11. The van der Waals surface area contributed by atoms with Gasteiger partial charge in [0, 0.05) is 13.8 Å². The van der Waals surface area contributed by atoms with E-state index in [9.17, 15) is 65.8 Å². The van der Waals surface area contributed by atoms with Gasteiger partial charge in [-0.15, -0.1) is 0 Å². The fourth-order valence-electron chi connectivity index (χ4n) is 6.88. The molecule has 0 aromatic rings. The van der Waals surface area contributed by atoms with Crippen LogP contribution in [0.15, 0.2) is 0 Å². The lowest BCUT2D eigenvalue weighted by Crippen LogP contribution is -2.69. The maximum absolute atomic E-state index is 12.3. The van der Waals surface area contributed by atoms with E-state index in [2.05, 4.69) is 10.6 Å². The van der Waals surface area contributed by atoms with Crippen LogP contribution >= 0.6 is 0 Å². The van der Waals surface area contributed by atoms with E-state index in [1.54, 1.807) is 13.8 Å². The smallest absolute Gasteiger partial charge is 0.217 e. The number of amides is 2. The predicted molar refractivity (Wildman–Crippen MR) is 170 cm³/mol. The molecule has 22 heteroatoms. The van der Waals surface area contributed by atoms with E-state index in [0.29, 0.717) is 0 Å². The van der Waals surface area contributed by atoms with Crippen molar-refractivity contribution >= 4 is 11.8 Å². The van der Waals surface area contributed by atoms with E-state index in [0.717, 1.165) is 6.92 Å². The molecule has 2 amide bonds. The van der Waals surface area contributed by atoms with Gasteiger partial charge in [-0.1, -0.05) is 13.8 Å². The van der Waals surface area contributed by atoms with Crippen LogP contribution in [0.5, 0.6) is 0 Å². The Hall–Kier alpha value is -1.78. The molecule has 4 aliphatic rings. The van der Waals surface area contributed by atoms with E-state index >= 15 is 0 Å². The number of nitrogens with one attached hydrogen (secondary N) is 2. The Morgan fingerprint density at radius 1 is 0.547 bits per heavy atom. The third-order valence-corrected chi connectivity index (χ3v) is 9.71. The molecule has 0 aromatic carbocycles. The van der Waals surface area contributed by atoms with Crippen molar-refractivity contribution in [3.8, 4) is 0 Å². The summed E-state index contributed by atoms with van der Waals surface area (Å²) in [5.41, 5.74) is 0. The van der Waals surface area contributed by atoms with Gasteiger partial charge in [0.1, 0.15) is 91.5 Å². The molecule has 4 saturated heterocycles. The molecule has 4 aliphatic heterocycles. The summed E-state index contributed by atoms with van der Waals surface area (Å²) in [6, 6.07) is -2.52. The van der Waals surface area contributed by atoms with E-state index in [1.807, 2.05) is 0 Å². The van der Waals surface area contributed by atoms with Gasteiger partial charge in [-0.2, -0.15) is 0 Å². The summed E-state index contributed by atoms with van der Waals surface area (Å²) in [5, 5.41) is 120. The van der Waals surface area contributed by atoms with Crippen LogP contribution in [0.3, 0.4) is 0 Å². The molecule has 20 atom stereocenters. The lowest BCUT2D eigenvalue weighted by atomic mass is 9.87. The monoisotopic (exact) mass is 774 g/mol. The van der Waals surface area contributed by atoms with Crippen LogP contribution in [0.4, 0.5) is 0 Å². The first-order chi connectivity index (χ1) is 24.9. The Morgan fingerprint density at radius 3 is 1.45 bits per heavy atom. The van der Waals surface area contributed by atoms with Crippen molar-refractivity contribution in [2.24, 2.45) is 5.92 Å². The number of rotatable bonds is 13. The number of carbonyl (C=O) groups is 2. The zero-order chi connectivity index (χ0) is 39.5. The largest absolute Gasteiger partial charge is 0.394 e. The van der Waals surface area contributed by atoms with Crippen LogP contribution in [0.1, 0.15) is 27.7 Å². The molecule has 13 N–H and O–H groups in total. The zero-order valence-corrected chi connectivity index (χ0v) is 29.5. The van der Waals surface area contributed by atoms with Gasteiger partial charge in [-0.25, -0.2) is 0 Å². The number of aliphatic hydroxyl groups excluding tert-OH is 11. The molecule has 0 spiro atoms. The first-order valence-electron chi connectivity index (χ1n) is 17.3. The van der Waals surface area contributed by atoms with Crippen LogP contribution < -0.4 is 10.6 Å². The average molecular weight is 775 g/mol. The lowest BCUT2D eigenvalue weighted by molar-refractivity contribution is -0.352. The number of hydrogen-bond donors (Lipinski definition) is 13. The van der Waals surface area contributed by atoms with Crippen molar-refractivity contribution in [1.29, 1.82) is 0 Å². The first-order valence-corrected chi connectivity index (χ1v) is 17.3. The third kappa shape index (κ3) is 9.79. The summed E-state index contributed by atoms with van der Waals surface area (Å²) in [5.74, 6) is -1.56. The molecule has 4 heterocycles. The van der Waals surface area contributed by atoms with Gasteiger partial charge in [0.2, 0.25) is 11.8 Å². The topological polar surface area (TPSA) is 345 Å². The van der Waals surface area contributed by atoms with Crippen LogP contribution in [-0.4, -0.2) is 217 Å². The van der Waals surface area contributed by atoms with Gasteiger partial charge in [-0.3, -0.25) is 9.59 Å². The molecule has 308 valence electrons. The molecule has 0 radical (unpaired) electrons. The predicted octanol–water partition coefficient (Wildman–Crippen LogP) is -7.75. The van der Waals surface area contributed by atoms with Crippen LogP contribution in [0.25, 0.3) is 0 Å². The van der Waals surface area contributed by atoms with E-state index in [-0.39, 0.29) is 5.92 Å². The van der Waals surface area contributed by atoms with Gasteiger partial charge in [0.15, 0.2) is 18.9 Å². The summed E-state index contributed by atoms with van der Waals surface area (Å²) in [7, 11) is 0. The number of carbonyl (C=O) groups excluding carboxylic acids is 2. The summed E-state index contributed by atoms with van der Waals surface area (Å²) in [6.07, 6.45) is -28.5. The fraction of sp³-hybridized carbons (Fsp3) is 0.935. The summed E-state index contributed by atoms with van der Waals surface area (Å²) in [6.45, 7) is 2.93. The Labute approximate surface area is 304 Å². The lowest BCUT2D eigenvalue weighted by Gasteiger charge is -2.49. The van der Waals surface area contributed by atoms with Crippen LogP contribution in [0, 0.1) is 5.92 Å². The van der Waals surface area contributed by atoms with Crippen molar-refractivity contribution in [2.45, 2.75) is 150 Å². The third-order valence-electron chi connectivity index (χ3n) is 9.71. The van der Waals surface area contributed by atoms with Crippen molar-refractivity contribution in [1.82, 2.24) is 10.6 Å². The zero-order valence-electron chi connectivity index (χ0n) is 29.5. The van der Waals surface area contributed by atoms with Gasteiger partial charge >= 0.3 is 0 Å². The van der Waals surface area contributed by atoms with E-state index in [4.69, 9.17) is 33.2 Å². The maximum Gasteiger partial charge on any atom is 0.217 e. The fourth-order valence-corrected chi connectivity index (χ4v) is 6.88. The normalized spacial score (nSPS) is 46.6. The second-order valence-corrected chi connectivity index (χ2v) is 14.0. The van der Waals surface area contributed by atoms with Crippen molar-refractivity contribution in [3.63, 3.8) is 0 Å². The van der Waals surface area contributed by atoms with Gasteiger partial charge < -0.3 is 100.0 Å². The van der Waals surface area contributed by atoms with Crippen molar-refractivity contribution in [3.05, 3.63) is 0 Å². The molecule has 0 saturated carbocycles. The highest BCUT2D eigenvalue weighted by molar-refractivity contribution is 5.73.